The number of hydrogen-bond acceptors (Lipinski definition) is 2. The summed E-state index contributed by atoms with van der Waals surface area (Å²) in [7, 11) is 2.02. The molecule has 0 aromatic carbocycles. The molecule has 0 aliphatic heterocycles. The van der Waals surface area contributed by atoms with Crippen molar-refractivity contribution in [1.82, 2.24) is 9.55 Å². The summed E-state index contributed by atoms with van der Waals surface area (Å²) in [6.45, 7) is 0. The van der Waals surface area contributed by atoms with Gasteiger partial charge in [-0.15, -0.1) is 0 Å². The minimum atomic E-state index is 0.440. The summed E-state index contributed by atoms with van der Waals surface area (Å²) < 4.78 is 2.05. The molecule has 1 aromatic heterocycles. The summed E-state index contributed by atoms with van der Waals surface area (Å²) >= 11 is 0. The van der Waals surface area contributed by atoms with Crippen LogP contribution < -0.4 is 0 Å². The molecule has 1 aromatic rings. The molecule has 1 aliphatic rings. The van der Waals surface area contributed by atoms with Gasteiger partial charge in [-0.1, -0.05) is 0 Å². The molecule has 1 aliphatic carbocycles. The number of aryl methyl sites for hydroxylation is 2. The van der Waals surface area contributed by atoms with Crippen molar-refractivity contribution in [2.24, 2.45) is 13.0 Å². The van der Waals surface area contributed by atoms with E-state index in [9.17, 15) is 4.79 Å². The average molecular weight is 192 g/mol. The molecular weight excluding hydrogens is 176 g/mol. The summed E-state index contributed by atoms with van der Waals surface area (Å²) in [5, 5.41) is 0. The molecule has 1 heterocycles. The second-order valence-corrected chi connectivity index (χ2v) is 4.14. The van der Waals surface area contributed by atoms with Crippen LogP contribution >= 0.6 is 0 Å². The van der Waals surface area contributed by atoms with Gasteiger partial charge in [0.2, 0.25) is 0 Å². The van der Waals surface area contributed by atoms with Crippen LogP contribution in [-0.4, -0.2) is 15.3 Å². The van der Waals surface area contributed by atoms with Crippen molar-refractivity contribution < 1.29 is 4.79 Å². The molecular formula is C11H16N2O. The first-order chi connectivity index (χ1) is 6.75. The summed E-state index contributed by atoms with van der Waals surface area (Å²) in [4.78, 5) is 15.3. The third kappa shape index (κ3) is 2.03. The lowest BCUT2D eigenvalue weighted by Crippen LogP contribution is -2.02. The Morgan fingerprint density at radius 1 is 1.64 bits per heavy atom. The van der Waals surface area contributed by atoms with Crippen molar-refractivity contribution in [2.75, 3.05) is 0 Å². The van der Waals surface area contributed by atoms with Gasteiger partial charge in [0.15, 0.2) is 0 Å². The quantitative estimate of drug-likeness (QED) is 0.731. The maximum atomic E-state index is 11.1. The minimum Gasteiger partial charge on any atom is -0.338 e. The average Bonchev–Trinajstić information content (AvgIpc) is 2.72. The monoisotopic (exact) mass is 192 g/mol. The molecule has 0 saturated heterocycles. The number of ketones is 1. The fraction of sp³-hybridized carbons (Fsp3) is 0.636. The van der Waals surface area contributed by atoms with Gasteiger partial charge in [0.25, 0.3) is 0 Å². The highest BCUT2D eigenvalue weighted by molar-refractivity contribution is 5.80. The molecule has 1 unspecified atom stereocenters. The number of nitrogens with zero attached hydrogens (tertiary/aromatic N) is 2. The fourth-order valence-corrected chi connectivity index (χ4v) is 2.11. The minimum absolute atomic E-state index is 0.440. The highest BCUT2D eigenvalue weighted by Crippen LogP contribution is 2.25. The zero-order valence-corrected chi connectivity index (χ0v) is 8.57. The van der Waals surface area contributed by atoms with Crippen LogP contribution in [0.4, 0.5) is 0 Å². The smallest absolute Gasteiger partial charge is 0.133 e. The van der Waals surface area contributed by atoms with E-state index in [1.165, 1.54) is 0 Å². The molecule has 0 amide bonds. The van der Waals surface area contributed by atoms with Gasteiger partial charge in [0, 0.05) is 38.7 Å². The first kappa shape index (κ1) is 9.44. The lowest BCUT2D eigenvalue weighted by molar-refractivity contribution is -0.117. The van der Waals surface area contributed by atoms with Crippen molar-refractivity contribution in [3.8, 4) is 0 Å². The molecule has 0 bridgehead atoms. The molecule has 14 heavy (non-hydrogen) atoms. The normalized spacial score (nSPS) is 21.8. The second kappa shape index (κ2) is 3.95. The maximum Gasteiger partial charge on any atom is 0.133 e. The molecule has 1 fully saturated rings. The van der Waals surface area contributed by atoms with Gasteiger partial charge in [-0.05, 0) is 18.8 Å². The summed E-state index contributed by atoms with van der Waals surface area (Å²) in [5.74, 6) is 2.18. The Balaban J connectivity index is 1.83. The van der Waals surface area contributed by atoms with E-state index in [2.05, 4.69) is 9.55 Å². The zero-order chi connectivity index (χ0) is 9.97. The van der Waals surface area contributed by atoms with Crippen molar-refractivity contribution in [3.05, 3.63) is 18.2 Å². The molecule has 2 rings (SSSR count). The van der Waals surface area contributed by atoms with E-state index < -0.39 is 0 Å². The lowest BCUT2D eigenvalue weighted by Gasteiger charge is -2.07. The van der Waals surface area contributed by atoms with Crippen molar-refractivity contribution in [1.29, 1.82) is 0 Å². The Kier molecular flexibility index (Phi) is 2.66. The summed E-state index contributed by atoms with van der Waals surface area (Å²) in [6.07, 6.45) is 8.58. The van der Waals surface area contributed by atoms with E-state index in [1.807, 2.05) is 19.4 Å². The number of hydrogen-bond donors (Lipinski definition) is 0. The van der Waals surface area contributed by atoms with Gasteiger partial charge in [0.1, 0.15) is 11.6 Å². The lowest BCUT2D eigenvalue weighted by atomic mass is 10.0. The van der Waals surface area contributed by atoms with Crippen LogP contribution in [0.15, 0.2) is 12.4 Å². The molecule has 0 radical (unpaired) electrons. The molecule has 0 spiro atoms. The Morgan fingerprint density at radius 3 is 3.07 bits per heavy atom. The van der Waals surface area contributed by atoms with Crippen LogP contribution in [-0.2, 0) is 18.3 Å². The van der Waals surface area contributed by atoms with Gasteiger partial charge in [-0.3, -0.25) is 4.79 Å². The van der Waals surface area contributed by atoms with Crippen LogP contribution in [0, 0.1) is 5.92 Å². The van der Waals surface area contributed by atoms with E-state index >= 15 is 0 Å². The number of carbonyl (C=O) groups is 1. The molecule has 76 valence electrons. The van der Waals surface area contributed by atoms with Crippen LogP contribution in [0.2, 0.25) is 0 Å². The standard InChI is InChI=1S/C11H16N2O/c1-13-7-6-12-11(13)5-3-9-2-4-10(14)8-9/h6-7,9H,2-5,8H2,1H3. The van der Waals surface area contributed by atoms with E-state index in [0.29, 0.717) is 11.7 Å². The van der Waals surface area contributed by atoms with Gasteiger partial charge in [-0.25, -0.2) is 4.98 Å². The van der Waals surface area contributed by atoms with Gasteiger partial charge >= 0.3 is 0 Å². The Bertz CT molecular complexity index is 330. The van der Waals surface area contributed by atoms with E-state index in [4.69, 9.17) is 0 Å². The number of imidazole rings is 1. The number of Topliss-reactive ketones (excluding diaryl/α,β-unsaturated/α-hetero) is 1. The predicted molar refractivity (Wildman–Crippen MR) is 53.9 cm³/mol. The SMILES string of the molecule is Cn1ccnc1CCC1CCC(=O)C1. The van der Waals surface area contributed by atoms with E-state index in [-0.39, 0.29) is 0 Å². The Hall–Kier alpha value is -1.12. The second-order valence-electron chi connectivity index (χ2n) is 4.14. The number of aromatic nitrogens is 2. The first-order valence-corrected chi connectivity index (χ1v) is 5.23. The van der Waals surface area contributed by atoms with Crippen LogP contribution in [0.25, 0.3) is 0 Å². The number of carbonyl (C=O) groups excluding carboxylic acids is 1. The topological polar surface area (TPSA) is 34.9 Å². The molecule has 1 atom stereocenters. The van der Waals surface area contributed by atoms with Crippen molar-refractivity contribution in [2.45, 2.75) is 32.1 Å². The fourth-order valence-electron chi connectivity index (χ4n) is 2.11. The predicted octanol–water partition coefficient (Wildman–Crippen LogP) is 1.72. The van der Waals surface area contributed by atoms with Gasteiger partial charge in [-0.2, -0.15) is 0 Å². The molecule has 3 nitrogen and oxygen atoms in total. The summed E-state index contributed by atoms with van der Waals surface area (Å²) in [5.41, 5.74) is 0. The van der Waals surface area contributed by atoms with Gasteiger partial charge in [0.05, 0.1) is 0 Å². The van der Waals surface area contributed by atoms with Crippen LogP contribution in [0.3, 0.4) is 0 Å². The Labute approximate surface area is 84.1 Å². The first-order valence-electron chi connectivity index (χ1n) is 5.23. The van der Waals surface area contributed by atoms with Crippen molar-refractivity contribution >= 4 is 5.78 Å². The van der Waals surface area contributed by atoms with E-state index in [0.717, 1.165) is 37.9 Å². The zero-order valence-electron chi connectivity index (χ0n) is 8.57. The highest BCUT2D eigenvalue weighted by atomic mass is 16.1. The highest BCUT2D eigenvalue weighted by Gasteiger charge is 2.21. The summed E-state index contributed by atoms with van der Waals surface area (Å²) in [6, 6.07) is 0. The number of rotatable bonds is 3. The molecule has 3 heteroatoms. The van der Waals surface area contributed by atoms with E-state index in [1.54, 1.807) is 0 Å². The molecule has 0 N–H and O–H groups in total. The largest absolute Gasteiger partial charge is 0.338 e. The maximum absolute atomic E-state index is 11.1. The molecule has 1 saturated carbocycles. The van der Waals surface area contributed by atoms with Gasteiger partial charge < -0.3 is 4.57 Å². The van der Waals surface area contributed by atoms with Crippen LogP contribution in [0.5, 0.6) is 0 Å². The van der Waals surface area contributed by atoms with Crippen LogP contribution in [0.1, 0.15) is 31.5 Å². The van der Waals surface area contributed by atoms with Crippen molar-refractivity contribution in [3.63, 3.8) is 0 Å². The third-order valence-electron chi connectivity index (χ3n) is 3.04. The Morgan fingerprint density at radius 2 is 2.50 bits per heavy atom. The third-order valence-corrected chi connectivity index (χ3v) is 3.04.